The molecule has 0 fully saturated rings. The first-order chi connectivity index (χ1) is 6.86. The van der Waals surface area contributed by atoms with Gasteiger partial charge in [0.25, 0.3) is 5.22 Å². The van der Waals surface area contributed by atoms with Crippen LogP contribution < -0.4 is 5.73 Å². The summed E-state index contributed by atoms with van der Waals surface area (Å²) in [7, 11) is 0. The number of thioether (sulfide) groups is 1. The van der Waals surface area contributed by atoms with Crippen molar-refractivity contribution in [3.05, 3.63) is 5.89 Å². The molecule has 1 aromatic heterocycles. The molecule has 0 aliphatic carbocycles. The Hall–Kier alpha value is -1.06. The van der Waals surface area contributed by atoms with Gasteiger partial charge in [0.15, 0.2) is 0 Å². The van der Waals surface area contributed by atoms with Crippen LogP contribution in [0.1, 0.15) is 25.2 Å². The summed E-state index contributed by atoms with van der Waals surface area (Å²) in [5.41, 5.74) is 5.32. The Kier molecular flexibility index (Phi) is 5.04. The summed E-state index contributed by atoms with van der Waals surface area (Å²) in [6.45, 7) is 0.280. The van der Waals surface area contributed by atoms with Crippen molar-refractivity contribution in [3.8, 4) is 6.07 Å². The maximum absolute atomic E-state index is 8.31. The average Bonchev–Trinajstić information content (AvgIpc) is 2.65. The van der Waals surface area contributed by atoms with E-state index in [1.807, 2.05) is 0 Å². The predicted molar refractivity (Wildman–Crippen MR) is 52.4 cm³/mol. The van der Waals surface area contributed by atoms with Crippen LogP contribution in [-0.4, -0.2) is 16.0 Å². The van der Waals surface area contributed by atoms with E-state index >= 15 is 0 Å². The minimum absolute atomic E-state index is 0.280. The zero-order chi connectivity index (χ0) is 10.2. The Morgan fingerprint density at radius 1 is 1.43 bits per heavy atom. The van der Waals surface area contributed by atoms with Gasteiger partial charge in [-0.1, -0.05) is 11.8 Å². The van der Waals surface area contributed by atoms with Gasteiger partial charge >= 0.3 is 0 Å². The van der Waals surface area contributed by atoms with Crippen LogP contribution in [0.2, 0.25) is 0 Å². The molecule has 2 N–H and O–H groups in total. The van der Waals surface area contributed by atoms with Crippen molar-refractivity contribution in [1.82, 2.24) is 10.2 Å². The second-order valence-electron chi connectivity index (χ2n) is 2.63. The molecule has 14 heavy (non-hydrogen) atoms. The second-order valence-corrected chi connectivity index (χ2v) is 3.68. The molecule has 76 valence electrons. The van der Waals surface area contributed by atoms with E-state index in [2.05, 4.69) is 16.3 Å². The van der Waals surface area contributed by atoms with Crippen LogP contribution in [0.5, 0.6) is 0 Å². The summed E-state index contributed by atoms with van der Waals surface area (Å²) in [5.74, 6) is 1.36. The van der Waals surface area contributed by atoms with Crippen molar-refractivity contribution in [2.45, 2.75) is 31.0 Å². The summed E-state index contributed by atoms with van der Waals surface area (Å²) in [6, 6.07) is 2.10. The predicted octanol–water partition coefficient (Wildman–Crippen LogP) is 1.31. The highest BCUT2D eigenvalue weighted by molar-refractivity contribution is 7.99. The largest absolute Gasteiger partial charge is 0.415 e. The van der Waals surface area contributed by atoms with Gasteiger partial charge in [0.1, 0.15) is 0 Å². The smallest absolute Gasteiger partial charge is 0.276 e. The number of hydrogen-bond acceptors (Lipinski definition) is 6. The van der Waals surface area contributed by atoms with Crippen LogP contribution in [-0.2, 0) is 6.54 Å². The number of nitrogens with zero attached hydrogens (tertiary/aromatic N) is 3. The number of nitriles is 1. The SMILES string of the molecule is N#CCCCCSc1nnc(CN)o1. The van der Waals surface area contributed by atoms with E-state index in [4.69, 9.17) is 15.4 Å². The fourth-order valence-corrected chi connectivity index (χ4v) is 1.62. The molecule has 1 heterocycles. The van der Waals surface area contributed by atoms with Gasteiger partial charge in [0, 0.05) is 12.2 Å². The highest BCUT2D eigenvalue weighted by Gasteiger charge is 2.03. The van der Waals surface area contributed by atoms with Gasteiger partial charge in [0.05, 0.1) is 12.6 Å². The van der Waals surface area contributed by atoms with Gasteiger partial charge in [-0.2, -0.15) is 5.26 Å². The fraction of sp³-hybridized carbons (Fsp3) is 0.625. The minimum atomic E-state index is 0.280. The lowest BCUT2D eigenvalue weighted by Gasteiger charge is -1.93. The van der Waals surface area contributed by atoms with Crippen molar-refractivity contribution in [1.29, 1.82) is 5.26 Å². The van der Waals surface area contributed by atoms with Gasteiger partial charge in [-0.15, -0.1) is 10.2 Å². The molecule has 0 unspecified atom stereocenters. The van der Waals surface area contributed by atoms with Crippen LogP contribution in [0.25, 0.3) is 0 Å². The molecule has 6 heteroatoms. The second kappa shape index (κ2) is 6.40. The van der Waals surface area contributed by atoms with Crippen LogP contribution in [0.15, 0.2) is 9.64 Å². The van der Waals surface area contributed by atoms with Crippen molar-refractivity contribution < 1.29 is 4.42 Å². The lowest BCUT2D eigenvalue weighted by atomic mass is 10.3. The molecule has 0 amide bonds. The van der Waals surface area contributed by atoms with Crippen LogP contribution in [0.4, 0.5) is 0 Å². The van der Waals surface area contributed by atoms with Gasteiger partial charge in [-0.25, -0.2) is 0 Å². The Bertz CT molecular complexity index is 307. The molecule has 1 aromatic rings. The third kappa shape index (κ3) is 3.77. The highest BCUT2D eigenvalue weighted by Crippen LogP contribution is 2.17. The summed E-state index contributed by atoms with van der Waals surface area (Å²) in [4.78, 5) is 0. The lowest BCUT2D eigenvalue weighted by molar-refractivity contribution is 0.414. The van der Waals surface area contributed by atoms with E-state index in [9.17, 15) is 0 Å². The average molecular weight is 212 g/mol. The van der Waals surface area contributed by atoms with Gasteiger partial charge in [-0.05, 0) is 12.8 Å². The molecule has 0 atom stereocenters. The molecule has 0 aliphatic heterocycles. The third-order valence-corrected chi connectivity index (χ3v) is 2.44. The number of unbranched alkanes of at least 4 members (excludes halogenated alkanes) is 2. The van der Waals surface area contributed by atoms with Gasteiger partial charge in [-0.3, -0.25) is 0 Å². The zero-order valence-electron chi connectivity index (χ0n) is 7.77. The molecule has 0 radical (unpaired) electrons. The molecule has 0 aromatic carbocycles. The summed E-state index contributed by atoms with van der Waals surface area (Å²) < 4.78 is 5.19. The van der Waals surface area contributed by atoms with E-state index < -0.39 is 0 Å². The first-order valence-electron chi connectivity index (χ1n) is 4.39. The fourth-order valence-electron chi connectivity index (χ4n) is 0.845. The van der Waals surface area contributed by atoms with Crippen molar-refractivity contribution in [2.24, 2.45) is 5.73 Å². The first kappa shape index (κ1) is 11.0. The van der Waals surface area contributed by atoms with Crippen molar-refractivity contribution in [3.63, 3.8) is 0 Å². The molecular weight excluding hydrogens is 200 g/mol. The van der Waals surface area contributed by atoms with Crippen molar-refractivity contribution >= 4 is 11.8 Å². The van der Waals surface area contributed by atoms with Gasteiger partial charge < -0.3 is 10.2 Å². The number of hydrogen-bond donors (Lipinski definition) is 1. The molecule has 0 saturated carbocycles. The van der Waals surface area contributed by atoms with Crippen molar-refractivity contribution in [2.75, 3.05) is 5.75 Å². The summed E-state index contributed by atoms with van der Waals surface area (Å²) >= 11 is 1.50. The lowest BCUT2D eigenvalue weighted by Crippen LogP contribution is -1.95. The molecule has 0 spiro atoms. The molecule has 0 bridgehead atoms. The van der Waals surface area contributed by atoms with Crippen LogP contribution in [0, 0.1) is 11.3 Å². The number of rotatable bonds is 6. The number of nitrogens with two attached hydrogens (primary N) is 1. The van der Waals surface area contributed by atoms with E-state index in [1.165, 1.54) is 11.8 Å². The van der Waals surface area contributed by atoms with Gasteiger partial charge in [0.2, 0.25) is 5.89 Å². The van der Waals surface area contributed by atoms with E-state index in [1.54, 1.807) is 0 Å². The van der Waals surface area contributed by atoms with E-state index in [0.29, 0.717) is 17.5 Å². The standard InChI is InChI=1S/C8H12N4OS/c9-4-2-1-3-5-14-8-12-11-7(6-10)13-8/h1-3,5-6,10H2. The normalized spacial score (nSPS) is 10.0. The Labute approximate surface area is 86.7 Å². The van der Waals surface area contributed by atoms with E-state index in [-0.39, 0.29) is 6.54 Å². The quantitative estimate of drug-likeness (QED) is 0.565. The highest BCUT2D eigenvalue weighted by atomic mass is 32.2. The Morgan fingerprint density at radius 3 is 2.93 bits per heavy atom. The molecule has 0 saturated heterocycles. The first-order valence-corrected chi connectivity index (χ1v) is 5.37. The topological polar surface area (TPSA) is 88.7 Å². The maximum atomic E-state index is 8.31. The van der Waals surface area contributed by atoms with Crippen LogP contribution >= 0.6 is 11.8 Å². The zero-order valence-corrected chi connectivity index (χ0v) is 8.59. The molecule has 0 aliphatic rings. The Balaban J connectivity index is 2.15. The maximum Gasteiger partial charge on any atom is 0.276 e. The summed E-state index contributed by atoms with van der Waals surface area (Å²) in [5, 5.41) is 16.4. The molecule has 5 nitrogen and oxygen atoms in total. The monoisotopic (exact) mass is 212 g/mol. The molecule has 1 rings (SSSR count). The third-order valence-electron chi connectivity index (χ3n) is 1.53. The number of aromatic nitrogens is 2. The summed E-state index contributed by atoms with van der Waals surface area (Å²) in [6.07, 6.45) is 2.51. The molecular formula is C8H12N4OS. The van der Waals surface area contributed by atoms with Crippen LogP contribution in [0.3, 0.4) is 0 Å². The van der Waals surface area contributed by atoms with E-state index in [0.717, 1.165) is 18.6 Å². The Morgan fingerprint density at radius 2 is 2.29 bits per heavy atom. The minimum Gasteiger partial charge on any atom is -0.415 e.